The van der Waals surface area contributed by atoms with Gasteiger partial charge in [0, 0.05) is 6.04 Å². The predicted molar refractivity (Wildman–Crippen MR) is 47.4 cm³/mol. The minimum atomic E-state index is -0.343. The van der Waals surface area contributed by atoms with Crippen LogP contribution < -0.4 is 11.1 Å². The van der Waals surface area contributed by atoms with E-state index in [1.54, 1.807) is 6.92 Å². The van der Waals surface area contributed by atoms with Crippen LogP contribution in [0.2, 0.25) is 0 Å². The fraction of sp³-hybridized carbons (Fsp3) is 0.625. The van der Waals surface area contributed by atoms with Crippen molar-refractivity contribution in [1.82, 2.24) is 15.5 Å². The third-order valence-corrected chi connectivity index (χ3v) is 1.95. The van der Waals surface area contributed by atoms with E-state index < -0.39 is 0 Å². The molecule has 1 atom stereocenters. The fourth-order valence-corrected chi connectivity index (χ4v) is 0.990. The molecule has 1 aromatic heterocycles. The molecule has 2 rings (SSSR count). The van der Waals surface area contributed by atoms with E-state index in [9.17, 15) is 4.79 Å². The lowest BCUT2D eigenvalue weighted by molar-refractivity contribution is 0.0937. The molecule has 0 radical (unpaired) electrons. The first kappa shape index (κ1) is 9.14. The highest BCUT2D eigenvalue weighted by atomic mass is 16.5. The summed E-state index contributed by atoms with van der Waals surface area (Å²) in [5.41, 5.74) is 5.51. The monoisotopic (exact) mass is 196 g/mol. The number of carbonyl (C=O) groups is 1. The summed E-state index contributed by atoms with van der Waals surface area (Å²) in [6, 6.07) is -0.0512. The second-order valence-corrected chi connectivity index (χ2v) is 3.49. The molecule has 1 fully saturated rings. The molecule has 0 saturated heterocycles. The Morgan fingerprint density at radius 3 is 2.93 bits per heavy atom. The number of aromatic nitrogens is 2. The summed E-state index contributed by atoms with van der Waals surface area (Å²) in [5, 5.41) is 6.30. The van der Waals surface area contributed by atoms with Gasteiger partial charge >= 0.3 is 0 Å². The Labute approximate surface area is 80.9 Å². The number of carbonyl (C=O) groups excluding carboxylic acids is 1. The summed E-state index contributed by atoms with van der Waals surface area (Å²) < 4.78 is 4.80. The summed E-state index contributed by atoms with van der Waals surface area (Å²) >= 11 is 0. The largest absolute Gasteiger partial charge is 0.346 e. The summed E-state index contributed by atoms with van der Waals surface area (Å²) in [5.74, 6) is 0.0540. The minimum absolute atomic E-state index is 0.0594. The molecular weight excluding hydrogens is 184 g/mol. The Morgan fingerprint density at radius 2 is 2.43 bits per heavy atom. The molecule has 14 heavy (non-hydrogen) atoms. The average molecular weight is 196 g/mol. The highest BCUT2D eigenvalue weighted by Crippen LogP contribution is 2.19. The highest BCUT2D eigenvalue weighted by Gasteiger charge is 2.26. The maximum Gasteiger partial charge on any atom is 0.292 e. The van der Waals surface area contributed by atoms with Crippen molar-refractivity contribution in [2.75, 3.05) is 0 Å². The van der Waals surface area contributed by atoms with E-state index in [2.05, 4.69) is 15.5 Å². The van der Waals surface area contributed by atoms with Gasteiger partial charge in [-0.1, -0.05) is 5.16 Å². The molecule has 0 unspecified atom stereocenters. The Hall–Kier alpha value is -1.43. The second-order valence-electron chi connectivity index (χ2n) is 3.49. The lowest BCUT2D eigenvalue weighted by Crippen LogP contribution is -2.26. The van der Waals surface area contributed by atoms with Gasteiger partial charge in [-0.3, -0.25) is 4.79 Å². The van der Waals surface area contributed by atoms with Gasteiger partial charge in [0.25, 0.3) is 11.7 Å². The van der Waals surface area contributed by atoms with Crippen molar-refractivity contribution in [2.24, 2.45) is 5.73 Å². The van der Waals surface area contributed by atoms with Gasteiger partial charge in [-0.2, -0.15) is 4.98 Å². The maximum atomic E-state index is 11.4. The standard InChI is InChI=1S/C8H12N4O2/c1-4(9)8-11-6(12-14-8)7(13)10-5-2-3-5/h4-5H,2-3,9H2,1H3,(H,10,13)/t4-/m1/s1. The number of hydrogen-bond acceptors (Lipinski definition) is 5. The Morgan fingerprint density at radius 1 is 1.71 bits per heavy atom. The van der Waals surface area contributed by atoms with E-state index in [-0.39, 0.29) is 23.7 Å². The topological polar surface area (TPSA) is 94.0 Å². The molecule has 3 N–H and O–H groups in total. The van der Waals surface area contributed by atoms with Crippen molar-refractivity contribution in [3.8, 4) is 0 Å². The molecular formula is C8H12N4O2. The van der Waals surface area contributed by atoms with Gasteiger partial charge in [0.1, 0.15) is 0 Å². The Balaban J connectivity index is 2.03. The predicted octanol–water partition coefficient (Wildman–Crippen LogP) is -0.0185. The van der Waals surface area contributed by atoms with Gasteiger partial charge in [-0.15, -0.1) is 0 Å². The Bertz CT molecular complexity index is 343. The molecule has 0 aliphatic heterocycles. The molecule has 1 aliphatic rings. The normalized spacial score (nSPS) is 17.9. The summed E-state index contributed by atoms with van der Waals surface area (Å²) in [7, 11) is 0. The lowest BCUT2D eigenvalue weighted by Gasteiger charge is -1.96. The highest BCUT2D eigenvalue weighted by molar-refractivity contribution is 5.90. The molecule has 76 valence electrons. The molecule has 0 aromatic carbocycles. The fourth-order valence-electron chi connectivity index (χ4n) is 0.990. The number of rotatable bonds is 3. The third kappa shape index (κ3) is 1.90. The van der Waals surface area contributed by atoms with Crippen molar-refractivity contribution in [3.63, 3.8) is 0 Å². The quantitative estimate of drug-likeness (QED) is 0.708. The van der Waals surface area contributed by atoms with Crippen LogP contribution in [0.25, 0.3) is 0 Å². The molecule has 6 heteroatoms. The number of nitrogens with two attached hydrogens (primary N) is 1. The molecule has 0 spiro atoms. The molecule has 0 bridgehead atoms. The van der Waals surface area contributed by atoms with Crippen LogP contribution in [0.15, 0.2) is 4.52 Å². The number of nitrogens with one attached hydrogen (secondary N) is 1. The molecule has 1 amide bonds. The van der Waals surface area contributed by atoms with Crippen LogP contribution in [-0.2, 0) is 0 Å². The second kappa shape index (κ2) is 3.38. The lowest BCUT2D eigenvalue weighted by atomic mass is 10.4. The van der Waals surface area contributed by atoms with E-state index >= 15 is 0 Å². The van der Waals surface area contributed by atoms with E-state index in [1.807, 2.05) is 0 Å². The molecule has 1 heterocycles. The zero-order valence-corrected chi connectivity index (χ0v) is 7.86. The minimum Gasteiger partial charge on any atom is -0.346 e. The average Bonchev–Trinajstić information content (AvgIpc) is 2.81. The van der Waals surface area contributed by atoms with Gasteiger partial charge < -0.3 is 15.6 Å². The molecule has 1 saturated carbocycles. The van der Waals surface area contributed by atoms with E-state index in [1.165, 1.54) is 0 Å². The van der Waals surface area contributed by atoms with Crippen LogP contribution in [0.5, 0.6) is 0 Å². The van der Waals surface area contributed by atoms with Crippen molar-refractivity contribution < 1.29 is 9.32 Å². The maximum absolute atomic E-state index is 11.4. The van der Waals surface area contributed by atoms with Crippen LogP contribution in [0.3, 0.4) is 0 Å². The first-order chi connectivity index (χ1) is 6.66. The van der Waals surface area contributed by atoms with Crippen LogP contribution in [0.4, 0.5) is 0 Å². The van der Waals surface area contributed by atoms with Crippen molar-refractivity contribution in [1.29, 1.82) is 0 Å². The number of hydrogen-bond donors (Lipinski definition) is 2. The smallest absolute Gasteiger partial charge is 0.292 e. The van der Waals surface area contributed by atoms with Crippen LogP contribution in [-0.4, -0.2) is 22.1 Å². The van der Waals surface area contributed by atoms with Crippen LogP contribution in [0.1, 0.15) is 42.3 Å². The van der Waals surface area contributed by atoms with Gasteiger partial charge in [0.15, 0.2) is 0 Å². The SMILES string of the molecule is C[C@@H](N)c1nc(C(=O)NC2CC2)no1. The number of amides is 1. The Kier molecular flexibility index (Phi) is 2.20. The summed E-state index contributed by atoms with van der Waals surface area (Å²) in [6.07, 6.45) is 2.06. The number of nitrogens with zero attached hydrogens (tertiary/aromatic N) is 2. The van der Waals surface area contributed by atoms with Crippen LogP contribution >= 0.6 is 0 Å². The van der Waals surface area contributed by atoms with Gasteiger partial charge in [-0.25, -0.2) is 0 Å². The zero-order valence-electron chi connectivity index (χ0n) is 7.86. The van der Waals surface area contributed by atoms with Crippen molar-refractivity contribution >= 4 is 5.91 Å². The first-order valence-electron chi connectivity index (χ1n) is 4.57. The zero-order chi connectivity index (χ0) is 10.1. The van der Waals surface area contributed by atoms with Crippen molar-refractivity contribution in [2.45, 2.75) is 31.8 Å². The molecule has 1 aromatic rings. The van der Waals surface area contributed by atoms with E-state index in [0.717, 1.165) is 12.8 Å². The third-order valence-electron chi connectivity index (χ3n) is 1.95. The molecule has 1 aliphatic carbocycles. The van der Waals surface area contributed by atoms with Crippen LogP contribution in [0, 0.1) is 0 Å². The van der Waals surface area contributed by atoms with Gasteiger partial charge in [-0.05, 0) is 19.8 Å². The summed E-state index contributed by atoms with van der Waals surface area (Å²) in [4.78, 5) is 15.3. The van der Waals surface area contributed by atoms with Gasteiger partial charge in [0.2, 0.25) is 5.89 Å². The summed E-state index contributed by atoms with van der Waals surface area (Å²) in [6.45, 7) is 1.72. The first-order valence-corrected chi connectivity index (χ1v) is 4.57. The van der Waals surface area contributed by atoms with E-state index in [0.29, 0.717) is 6.04 Å². The van der Waals surface area contributed by atoms with E-state index in [4.69, 9.17) is 10.3 Å². The van der Waals surface area contributed by atoms with Gasteiger partial charge in [0.05, 0.1) is 6.04 Å². The molecule has 6 nitrogen and oxygen atoms in total. The van der Waals surface area contributed by atoms with Crippen molar-refractivity contribution in [3.05, 3.63) is 11.7 Å².